The quantitative estimate of drug-likeness (QED) is 0.792. The van der Waals surface area contributed by atoms with E-state index in [9.17, 15) is 9.59 Å². The molecule has 2 aromatic carbocycles. The van der Waals surface area contributed by atoms with E-state index in [1.807, 2.05) is 12.1 Å². The first kappa shape index (κ1) is 14.8. The molecule has 0 aliphatic rings. The number of rotatable bonds is 4. The largest absolute Gasteiger partial charge is 0.497 e. The van der Waals surface area contributed by atoms with Gasteiger partial charge in [-0.05, 0) is 29.8 Å². The van der Waals surface area contributed by atoms with Crippen LogP contribution in [0.15, 0.2) is 53.3 Å². The molecule has 0 fully saturated rings. The molecule has 3 rings (SSSR count). The van der Waals surface area contributed by atoms with Crippen molar-refractivity contribution in [1.29, 1.82) is 0 Å². The fourth-order valence-electron chi connectivity index (χ4n) is 2.46. The van der Waals surface area contributed by atoms with E-state index in [0.717, 1.165) is 5.56 Å². The molecule has 2 N–H and O–H groups in total. The van der Waals surface area contributed by atoms with Gasteiger partial charge in [0.2, 0.25) is 5.82 Å². The van der Waals surface area contributed by atoms with E-state index in [4.69, 9.17) is 10.5 Å². The smallest absolute Gasteiger partial charge is 0.284 e. The highest BCUT2D eigenvalue weighted by molar-refractivity contribution is 5.91. The Labute approximate surface area is 132 Å². The van der Waals surface area contributed by atoms with Gasteiger partial charge in [0.15, 0.2) is 0 Å². The molecule has 1 aromatic heterocycles. The summed E-state index contributed by atoms with van der Waals surface area (Å²) in [6, 6.07) is 14.1. The third-order valence-electron chi connectivity index (χ3n) is 3.56. The number of hydrogen-bond acceptors (Lipinski definition) is 4. The maximum absolute atomic E-state index is 12.7. The minimum atomic E-state index is -0.740. The number of primary amides is 1. The van der Waals surface area contributed by atoms with Crippen molar-refractivity contribution in [2.24, 2.45) is 5.73 Å². The summed E-state index contributed by atoms with van der Waals surface area (Å²) in [6.45, 7) is 0.187. The normalized spacial score (nSPS) is 10.7. The molecule has 3 aromatic rings. The van der Waals surface area contributed by atoms with Crippen LogP contribution in [0.5, 0.6) is 5.75 Å². The van der Waals surface area contributed by atoms with Crippen LogP contribution in [-0.4, -0.2) is 22.6 Å². The number of fused-ring (bicyclic) bond motifs is 1. The van der Waals surface area contributed by atoms with Gasteiger partial charge in [0.25, 0.3) is 11.5 Å². The first-order valence-corrected chi connectivity index (χ1v) is 7.02. The minimum absolute atomic E-state index is 0.0588. The fraction of sp³-hybridized carbons (Fsp3) is 0.118. The van der Waals surface area contributed by atoms with E-state index in [1.54, 1.807) is 43.5 Å². The van der Waals surface area contributed by atoms with Crippen molar-refractivity contribution in [2.45, 2.75) is 6.54 Å². The maximum Gasteiger partial charge on any atom is 0.284 e. The molecule has 1 heterocycles. The number of benzene rings is 2. The summed E-state index contributed by atoms with van der Waals surface area (Å²) in [5.74, 6) is -0.128. The molecule has 23 heavy (non-hydrogen) atoms. The van der Waals surface area contributed by atoms with Gasteiger partial charge in [0, 0.05) is 0 Å². The molecule has 0 radical (unpaired) electrons. The lowest BCUT2D eigenvalue weighted by molar-refractivity contribution is 0.0985. The molecule has 0 aliphatic carbocycles. The van der Waals surface area contributed by atoms with Crippen LogP contribution in [-0.2, 0) is 6.54 Å². The summed E-state index contributed by atoms with van der Waals surface area (Å²) in [6.07, 6.45) is 0. The Balaban J connectivity index is 2.18. The Morgan fingerprint density at radius 3 is 2.74 bits per heavy atom. The summed E-state index contributed by atoms with van der Waals surface area (Å²) >= 11 is 0. The molecule has 0 spiro atoms. The van der Waals surface area contributed by atoms with Gasteiger partial charge in [-0.1, -0.05) is 24.3 Å². The zero-order valence-electron chi connectivity index (χ0n) is 12.5. The summed E-state index contributed by atoms with van der Waals surface area (Å²) in [7, 11) is 1.57. The number of para-hydroxylation sites is 1. The Hall–Kier alpha value is -3.15. The van der Waals surface area contributed by atoms with Gasteiger partial charge in [-0.3, -0.25) is 14.2 Å². The third kappa shape index (κ3) is 2.78. The minimum Gasteiger partial charge on any atom is -0.497 e. The second kappa shape index (κ2) is 5.92. The number of carbonyl (C=O) groups excluding carboxylic acids is 1. The van der Waals surface area contributed by atoms with Crippen LogP contribution in [0.1, 0.15) is 16.2 Å². The SMILES string of the molecule is COc1cccc(Cn2c(C(N)=O)nc3ccccc3c2=O)c1. The summed E-state index contributed by atoms with van der Waals surface area (Å²) in [5, 5.41) is 0.445. The lowest BCUT2D eigenvalue weighted by Gasteiger charge is -2.12. The van der Waals surface area contributed by atoms with Crippen LogP contribution in [0.25, 0.3) is 10.9 Å². The molecule has 0 aliphatic heterocycles. The van der Waals surface area contributed by atoms with Crippen molar-refractivity contribution < 1.29 is 9.53 Å². The van der Waals surface area contributed by atoms with Gasteiger partial charge in [-0.2, -0.15) is 0 Å². The van der Waals surface area contributed by atoms with Crippen LogP contribution in [0.4, 0.5) is 0 Å². The molecule has 0 saturated heterocycles. The number of hydrogen-bond donors (Lipinski definition) is 1. The first-order valence-electron chi connectivity index (χ1n) is 7.02. The zero-order chi connectivity index (χ0) is 16.4. The van der Waals surface area contributed by atoms with Crippen LogP contribution in [0.2, 0.25) is 0 Å². The Bertz CT molecular complexity index is 947. The Morgan fingerprint density at radius 1 is 1.22 bits per heavy atom. The highest BCUT2D eigenvalue weighted by atomic mass is 16.5. The molecule has 0 atom stereocenters. The number of ether oxygens (including phenoxy) is 1. The number of methoxy groups -OCH3 is 1. The second-order valence-corrected chi connectivity index (χ2v) is 5.06. The topological polar surface area (TPSA) is 87.2 Å². The van der Waals surface area contributed by atoms with E-state index in [2.05, 4.69) is 4.98 Å². The zero-order valence-corrected chi connectivity index (χ0v) is 12.5. The van der Waals surface area contributed by atoms with Crippen LogP contribution in [0.3, 0.4) is 0 Å². The van der Waals surface area contributed by atoms with Crippen molar-refractivity contribution in [1.82, 2.24) is 9.55 Å². The molecule has 6 heteroatoms. The average molecular weight is 309 g/mol. The highest BCUT2D eigenvalue weighted by Gasteiger charge is 2.15. The lowest BCUT2D eigenvalue weighted by Crippen LogP contribution is -2.31. The number of carbonyl (C=O) groups is 1. The van der Waals surface area contributed by atoms with Crippen LogP contribution < -0.4 is 16.0 Å². The van der Waals surface area contributed by atoms with Gasteiger partial charge in [-0.15, -0.1) is 0 Å². The van der Waals surface area contributed by atoms with Crippen LogP contribution >= 0.6 is 0 Å². The summed E-state index contributed by atoms with van der Waals surface area (Å²) < 4.78 is 6.47. The second-order valence-electron chi connectivity index (χ2n) is 5.06. The van der Waals surface area contributed by atoms with Crippen molar-refractivity contribution in [3.63, 3.8) is 0 Å². The van der Waals surface area contributed by atoms with Crippen molar-refractivity contribution in [3.8, 4) is 5.75 Å². The van der Waals surface area contributed by atoms with Gasteiger partial charge < -0.3 is 10.5 Å². The maximum atomic E-state index is 12.7. The van der Waals surface area contributed by atoms with Crippen molar-refractivity contribution in [2.75, 3.05) is 7.11 Å². The molecule has 6 nitrogen and oxygen atoms in total. The fourth-order valence-corrected chi connectivity index (χ4v) is 2.46. The van der Waals surface area contributed by atoms with Gasteiger partial charge >= 0.3 is 0 Å². The van der Waals surface area contributed by atoms with E-state index in [-0.39, 0.29) is 17.9 Å². The molecule has 116 valence electrons. The van der Waals surface area contributed by atoms with Crippen LogP contribution in [0, 0.1) is 0 Å². The average Bonchev–Trinajstić information content (AvgIpc) is 2.57. The number of nitrogens with two attached hydrogens (primary N) is 1. The molecular weight excluding hydrogens is 294 g/mol. The molecule has 0 unspecified atom stereocenters. The summed E-state index contributed by atoms with van der Waals surface area (Å²) in [4.78, 5) is 28.6. The summed E-state index contributed by atoms with van der Waals surface area (Å²) in [5.41, 5.74) is 6.36. The van der Waals surface area contributed by atoms with Gasteiger partial charge in [0.1, 0.15) is 5.75 Å². The standard InChI is InChI=1S/C17H15N3O3/c1-23-12-6-4-5-11(9-12)10-20-16(15(18)21)19-14-8-3-2-7-13(14)17(20)22/h2-9H,10H2,1H3,(H2,18,21). The van der Waals surface area contributed by atoms with Gasteiger partial charge in [0.05, 0.1) is 24.6 Å². The predicted octanol–water partition coefficient (Wildman–Crippen LogP) is 1.55. The predicted molar refractivity (Wildman–Crippen MR) is 86.6 cm³/mol. The van der Waals surface area contributed by atoms with Crippen molar-refractivity contribution >= 4 is 16.8 Å². The highest BCUT2D eigenvalue weighted by Crippen LogP contribution is 2.15. The Kier molecular flexibility index (Phi) is 3.80. The van der Waals surface area contributed by atoms with E-state index in [0.29, 0.717) is 16.7 Å². The Morgan fingerprint density at radius 2 is 2.00 bits per heavy atom. The molecular formula is C17H15N3O3. The molecule has 1 amide bonds. The van der Waals surface area contributed by atoms with E-state index >= 15 is 0 Å². The molecule has 0 saturated carbocycles. The number of aromatic nitrogens is 2. The van der Waals surface area contributed by atoms with E-state index < -0.39 is 5.91 Å². The number of amides is 1. The first-order chi connectivity index (χ1) is 11.1. The third-order valence-corrected chi connectivity index (χ3v) is 3.56. The molecule has 0 bridgehead atoms. The van der Waals surface area contributed by atoms with E-state index in [1.165, 1.54) is 4.57 Å². The van der Waals surface area contributed by atoms with Gasteiger partial charge in [-0.25, -0.2) is 4.98 Å². The number of nitrogens with zero attached hydrogens (tertiary/aromatic N) is 2. The monoisotopic (exact) mass is 309 g/mol. The lowest BCUT2D eigenvalue weighted by atomic mass is 10.2. The van der Waals surface area contributed by atoms with Crippen molar-refractivity contribution in [3.05, 3.63) is 70.3 Å².